The Morgan fingerprint density at radius 2 is 2.00 bits per heavy atom. The number of benzene rings is 1. The van der Waals surface area contributed by atoms with Crippen molar-refractivity contribution in [1.29, 1.82) is 0 Å². The van der Waals surface area contributed by atoms with Gasteiger partial charge in [-0.25, -0.2) is 0 Å². The summed E-state index contributed by atoms with van der Waals surface area (Å²) in [6.07, 6.45) is 0. The molecule has 0 fully saturated rings. The van der Waals surface area contributed by atoms with Crippen LogP contribution in [0, 0.1) is 10.1 Å². The van der Waals surface area contributed by atoms with Gasteiger partial charge in [-0.2, -0.15) is 0 Å². The van der Waals surface area contributed by atoms with Crippen molar-refractivity contribution in [2.75, 3.05) is 20.8 Å². The van der Waals surface area contributed by atoms with Crippen LogP contribution in [0.15, 0.2) is 18.2 Å². The number of rotatable bonds is 7. The molecule has 0 saturated heterocycles. The lowest BCUT2D eigenvalue weighted by Gasteiger charge is -2.25. The number of nitro groups is 1. The van der Waals surface area contributed by atoms with E-state index in [1.54, 1.807) is 6.07 Å². The van der Waals surface area contributed by atoms with Gasteiger partial charge in [-0.3, -0.25) is 19.8 Å². The zero-order valence-electron chi connectivity index (χ0n) is 12.7. The average Bonchev–Trinajstić information content (AvgIpc) is 2.45. The first kappa shape index (κ1) is 16.9. The van der Waals surface area contributed by atoms with Gasteiger partial charge in [-0.05, 0) is 25.5 Å². The molecule has 0 amide bonds. The van der Waals surface area contributed by atoms with E-state index in [0.29, 0.717) is 17.9 Å². The summed E-state index contributed by atoms with van der Waals surface area (Å²) >= 11 is 0. The fraction of sp³-hybridized carbons (Fsp3) is 0.500. The van der Waals surface area contributed by atoms with Crippen molar-refractivity contribution in [2.45, 2.75) is 26.4 Å². The molecular weight excluding hydrogens is 276 g/mol. The molecule has 0 atom stereocenters. The van der Waals surface area contributed by atoms with Crippen LogP contribution in [0.3, 0.4) is 0 Å². The summed E-state index contributed by atoms with van der Waals surface area (Å²) in [6.45, 7) is 4.40. The van der Waals surface area contributed by atoms with E-state index in [1.807, 2.05) is 18.7 Å². The number of carbonyl (C=O) groups is 1. The molecule has 0 radical (unpaired) electrons. The van der Waals surface area contributed by atoms with E-state index in [4.69, 9.17) is 4.74 Å². The first-order chi connectivity index (χ1) is 9.87. The highest BCUT2D eigenvalue weighted by Crippen LogP contribution is 2.23. The number of ether oxygens (including phenoxy) is 2. The Kier molecular flexibility index (Phi) is 6.10. The number of nitro benzene ring substituents is 1. The maximum atomic E-state index is 11.4. The highest BCUT2D eigenvalue weighted by Gasteiger charge is 2.17. The summed E-state index contributed by atoms with van der Waals surface area (Å²) < 4.78 is 9.74. The van der Waals surface area contributed by atoms with E-state index in [-0.39, 0.29) is 24.2 Å². The first-order valence-corrected chi connectivity index (χ1v) is 6.50. The van der Waals surface area contributed by atoms with Gasteiger partial charge in [0.25, 0.3) is 5.69 Å². The zero-order chi connectivity index (χ0) is 16.0. The maximum absolute atomic E-state index is 11.4. The SMILES string of the molecule is COC(=O)CN(Cc1cc(OC)cc([N+](=O)[O-])c1)C(C)C. The summed E-state index contributed by atoms with van der Waals surface area (Å²) in [5.74, 6) is 0.0714. The normalized spacial score (nSPS) is 10.8. The molecule has 0 aliphatic carbocycles. The lowest BCUT2D eigenvalue weighted by molar-refractivity contribution is -0.385. The molecule has 0 N–H and O–H groups in total. The van der Waals surface area contributed by atoms with Crippen molar-refractivity contribution in [3.8, 4) is 5.75 Å². The second kappa shape index (κ2) is 7.58. The smallest absolute Gasteiger partial charge is 0.319 e. The van der Waals surface area contributed by atoms with Gasteiger partial charge in [-0.1, -0.05) is 0 Å². The Bertz CT molecular complexity index is 516. The Hall–Kier alpha value is -2.15. The molecule has 1 aromatic rings. The largest absolute Gasteiger partial charge is 0.496 e. The third-order valence-electron chi connectivity index (χ3n) is 3.07. The quantitative estimate of drug-likeness (QED) is 0.435. The summed E-state index contributed by atoms with van der Waals surface area (Å²) in [5, 5.41) is 10.9. The van der Waals surface area contributed by atoms with Crippen LogP contribution in [-0.4, -0.2) is 42.6 Å². The van der Waals surface area contributed by atoms with E-state index < -0.39 is 4.92 Å². The number of carbonyl (C=O) groups excluding carboxylic acids is 1. The third-order valence-corrected chi connectivity index (χ3v) is 3.07. The van der Waals surface area contributed by atoms with Gasteiger partial charge in [0.15, 0.2) is 0 Å². The molecule has 0 saturated carbocycles. The molecule has 0 spiro atoms. The minimum absolute atomic E-state index is 0.0360. The minimum atomic E-state index is -0.466. The predicted molar refractivity (Wildman–Crippen MR) is 77.2 cm³/mol. The lowest BCUT2D eigenvalue weighted by Crippen LogP contribution is -2.35. The van der Waals surface area contributed by atoms with E-state index in [2.05, 4.69) is 4.74 Å². The molecule has 21 heavy (non-hydrogen) atoms. The molecule has 1 aromatic carbocycles. The van der Waals surface area contributed by atoms with Crippen LogP contribution in [0.25, 0.3) is 0 Å². The van der Waals surface area contributed by atoms with Gasteiger partial charge in [-0.15, -0.1) is 0 Å². The Labute approximate surface area is 123 Å². The van der Waals surface area contributed by atoms with Crippen LogP contribution >= 0.6 is 0 Å². The van der Waals surface area contributed by atoms with E-state index in [9.17, 15) is 14.9 Å². The van der Waals surface area contributed by atoms with E-state index in [0.717, 1.165) is 0 Å². The van der Waals surface area contributed by atoms with Crippen molar-refractivity contribution in [1.82, 2.24) is 4.90 Å². The predicted octanol–water partition coefficient (Wildman–Crippen LogP) is 1.99. The highest BCUT2D eigenvalue weighted by atomic mass is 16.6. The highest BCUT2D eigenvalue weighted by molar-refractivity contribution is 5.71. The van der Waals surface area contributed by atoms with Crippen molar-refractivity contribution >= 4 is 11.7 Å². The molecule has 7 heteroatoms. The monoisotopic (exact) mass is 296 g/mol. The molecule has 0 heterocycles. The van der Waals surface area contributed by atoms with Crippen molar-refractivity contribution in [2.24, 2.45) is 0 Å². The number of esters is 1. The summed E-state index contributed by atoms with van der Waals surface area (Å²) in [6, 6.07) is 4.66. The number of hydrogen-bond acceptors (Lipinski definition) is 6. The van der Waals surface area contributed by atoms with Gasteiger partial charge in [0.2, 0.25) is 0 Å². The maximum Gasteiger partial charge on any atom is 0.319 e. The third kappa shape index (κ3) is 5.03. The molecule has 0 aliphatic rings. The van der Waals surface area contributed by atoms with Crippen LogP contribution in [0.1, 0.15) is 19.4 Å². The van der Waals surface area contributed by atoms with Crippen LogP contribution in [0.2, 0.25) is 0 Å². The van der Waals surface area contributed by atoms with Gasteiger partial charge < -0.3 is 9.47 Å². The average molecular weight is 296 g/mol. The van der Waals surface area contributed by atoms with Gasteiger partial charge in [0.05, 0.1) is 31.8 Å². The van der Waals surface area contributed by atoms with Crippen molar-refractivity contribution in [3.05, 3.63) is 33.9 Å². The standard InChI is InChI=1S/C14H20N2O5/c1-10(2)15(9-14(17)21-4)8-11-5-12(16(18)19)7-13(6-11)20-3/h5-7,10H,8-9H2,1-4H3. The second-order valence-electron chi connectivity index (χ2n) is 4.87. The van der Waals surface area contributed by atoms with Crippen LogP contribution in [0.5, 0.6) is 5.75 Å². The molecule has 1 rings (SSSR count). The first-order valence-electron chi connectivity index (χ1n) is 6.50. The molecule has 0 bridgehead atoms. The van der Waals surface area contributed by atoms with Gasteiger partial charge in [0, 0.05) is 18.7 Å². The summed E-state index contributed by atoms with van der Waals surface area (Å²) in [5.41, 5.74) is 0.671. The van der Waals surface area contributed by atoms with Crippen molar-refractivity contribution < 1.29 is 19.2 Å². The molecule has 7 nitrogen and oxygen atoms in total. The fourth-order valence-electron chi connectivity index (χ4n) is 1.84. The van der Waals surface area contributed by atoms with E-state index >= 15 is 0 Å². The van der Waals surface area contributed by atoms with Gasteiger partial charge in [0.1, 0.15) is 5.75 Å². The topological polar surface area (TPSA) is 81.9 Å². The second-order valence-corrected chi connectivity index (χ2v) is 4.87. The number of nitrogens with zero attached hydrogens (tertiary/aromatic N) is 2. The Morgan fingerprint density at radius 1 is 1.33 bits per heavy atom. The molecule has 0 aliphatic heterocycles. The van der Waals surface area contributed by atoms with Crippen LogP contribution in [-0.2, 0) is 16.1 Å². The minimum Gasteiger partial charge on any atom is -0.496 e. The molecule has 0 unspecified atom stereocenters. The number of non-ortho nitro benzene ring substituents is 1. The Morgan fingerprint density at radius 3 is 2.48 bits per heavy atom. The zero-order valence-corrected chi connectivity index (χ0v) is 12.7. The number of methoxy groups -OCH3 is 2. The molecular formula is C14H20N2O5. The van der Waals surface area contributed by atoms with Crippen molar-refractivity contribution in [3.63, 3.8) is 0 Å². The molecule has 0 aromatic heterocycles. The molecule has 116 valence electrons. The summed E-state index contributed by atoms with van der Waals surface area (Å²) in [4.78, 5) is 23.7. The van der Waals surface area contributed by atoms with Gasteiger partial charge >= 0.3 is 5.97 Å². The summed E-state index contributed by atoms with van der Waals surface area (Å²) in [7, 11) is 2.79. The Balaban J connectivity index is 2.99. The van der Waals surface area contributed by atoms with E-state index in [1.165, 1.54) is 26.4 Å². The van der Waals surface area contributed by atoms with Crippen LogP contribution < -0.4 is 4.74 Å². The number of hydrogen-bond donors (Lipinski definition) is 0. The lowest BCUT2D eigenvalue weighted by atomic mass is 10.1. The van der Waals surface area contributed by atoms with Crippen LogP contribution in [0.4, 0.5) is 5.69 Å². The fourth-order valence-corrected chi connectivity index (χ4v) is 1.84.